The Hall–Kier alpha value is -4.68. The van der Waals surface area contributed by atoms with E-state index in [4.69, 9.17) is 9.47 Å². The van der Waals surface area contributed by atoms with E-state index in [1.54, 1.807) is 18.2 Å². The van der Waals surface area contributed by atoms with Crippen LogP contribution in [0.1, 0.15) is 11.1 Å². The zero-order chi connectivity index (χ0) is 24.3. The van der Waals surface area contributed by atoms with Gasteiger partial charge in [-0.15, -0.1) is 0 Å². The molecule has 35 heavy (non-hydrogen) atoms. The number of carbonyl (C=O) groups excluding carboxylic acids is 1. The maximum absolute atomic E-state index is 13.5. The number of carbonyl (C=O) groups is 1. The molecule has 4 aromatic rings. The summed E-state index contributed by atoms with van der Waals surface area (Å²) in [6.07, 6.45) is -2.57. The Bertz CT molecular complexity index is 1550. The second-order valence-corrected chi connectivity index (χ2v) is 7.64. The fraction of sp³-hybridized carbons (Fsp3) is 0.0909. The standard InChI is InChI=1S/C22H12F4N6O3/c23-13-3-1-9(5-12(13)22(24,25)26)31-21(33)32-16-15-11-6-10(2-4-14(11)35-18(15)16)34-20-17-19(28-7-27-17)29-8-30-20/h1-8,18H,(H2,31,32,33)(H,27,28,29,30). The third kappa shape index (κ3) is 3.66. The number of imidazole rings is 1. The molecule has 1 aliphatic heterocycles. The molecule has 1 atom stereocenters. The lowest BCUT2D eigenvalue weighted by molar-refractivity contribution is -0.139. The zero-order valence-electron chi connectivity index (χ0n) is 17.3. The molecule has 0 saturated carbocycles. The quantitative estimate of drug-likeness (QED) is 0.365. The summed E-state index contributed by atoms with van der Waals surface area (Å²) in [7, 11) is 0. The summed E-state index contributed by atoms with van der Waals surface area (Å²) >= 11 is 0. The summed E-state index contributed by atoms with van der Waals surface area (Å²) in [5.41, 5.74) is 1.17. The lowest BCUT2D eigenvalue weighted by atomic mass is 10.1. The van der Waals surface area contributed by atoms with E-state index in [1.165, 1.54) is 12.7 Å². The summed E-state index contributed by atoms with van der Waals surface area (Å²) in [4.78, 5) is 27.4. The number of aromatic nitrogens is 4. The minimum atomic E-state index is -4.89. The SMILES string of the molecule is O=C(NC1=C2c3cc(Oc4ncnc5nc[nH]c45)ccc3OC12)Nc1ccc(F)c(C(F)(F)F)c1. The molecule has 0 spiro atoms. The molecule has 1 unspecified atom stereocenters. The van der Waals surface area contributed by atoms with Gasteiger partial charge in [-0.25, -0.2) is 19.2 Å². The van der Waals surface area contributed by atoms with Crippen LogP contribution >= 0.6 is 0 Å². The molecule has 0 saturated heterocycles. The van der Waals surface area contributed by atoms with Crippen molar-refractivity contribution < 1.29 is 31.8 Å². The molecule has 0 bridgehead atoms. The minimum absolute atomic E-state index is 0.209. The third-order valence-electron chi connectivity index (χ3n) is 5.40. The molecule has 2 amide bonds. The summed E-state index contributed by atoms with van der Waals surface area (Å²) in [6.45, 7) is 0. The highest BCUT2D eigenvalue weighted by Gasteiger charge is 2.48. The molecular formula is C22H12F4N6O3. The normalized spacial score (nSPS) is 15.9. The molecule has 9 nitrogen and oxygen atoms in total. The van der Waals surface area contributed by atoms with Crippen molar-refractivity contribution in [1.29, 1.82) is 0 Å². The number of anilines is 1. The highest BCUT2D eigenvalue weighted by Crippen LogP contribution is 2.52. The molecule has 2 aromatic carbocycles. The number of rotatable bonds is 4. The molecule has 1 aliphatic carbocycles. The van der Waals surface area contributed by atoms with Crippen LogP contribution in [0.2, 0.25) is 0 Å². The lowest BCUT2D eigenvalue weighted by Gasteiger charge is -2.12. The Morgan fingerprint density at radius 3 is 2.77 bits per heavy atom. The number of aromatic amines is 1. The smallest absolute Gasteiger partial charge is 0.419 e. The molecule has 176 valence electrons. The van der Waals surface area contributed by atoms with E-state index in [9.17, 15) is 22.4 Å². The monoisotopic (exact) mass is 484 g/mol. The van der Waals surface area contributed by atoms with Crippen LogP contribution in [-0.4, -0.2) is 32.1 Å². The Morgan fingerprint density at radius 1 is 1.09 bits per heavy atom. The molecule has 13 heteroatoms. The van der Waals surface area contributed by atoms with Gasteiger partial charge in [-0.05, 0) is 36.4 Å². The van der Waals surface area contributed by atoms with E-state index >= 15 is 0 Å². The number of nitrogens with one attached hydrogen (secondary N) is 3. The molecular weight excluding hydrogens is 472 g/mol. The van der Waals surface area contributed by atoms with Crippen LogP contribution in [0.3, 0.4) is 0 Å². The van der Waals surface area contributed by atoms with Crippen LogP contribution in [0, 0.1) is 5.82 Å². The van der Waals surface area contributed by atoms with Gasteiger partial charge >= 0.3 is 12.2 Å². The third-order valence-corrected chi connectivity index (χ3v) is 5.40. The van der Waals surface area contributed by atoms with E-state index in [0.717, 1.165) is 6.07 Å². The maximum Gasteiger partial charge on any atom is 0.419 e. The molecule has 3 N–H and O–H groups in total. The molecule has 2 aliphatic rings. The second-order valence-electron chi connectivity index (χ2n) is 7.64. The lowest BCUT2D eigenvalue weighted by Crippen LogP contribution is -2.28. The number of hydrogen-bond donors (Lipinski definition) is 3. The number of halogens is 4. The number of hydrogen-bond acceptors (Lipinski definition) is 6. The first kappa shape index (κ1) is 20.9. The van der Waals surface area contributed by atoms with E-state index in [2.05, 4.69) is 30.6 Å². The summed E-state index contributed by atoms with van der Waals surface area (Å²) in [6, 6.07) is 6.54. The van der Waals surface area contributed by atoms with Crippen molar-refractivity contribution in [1.82, 2.24) is 25.3 Å². The highest BCUT2D eigenvalue weighted by atomic mass is 19.4. The average molecular weight is 484 g/mol. The largest absolute Gasteiger partial charge is 0.479 e. The Morgan fingerprint density at radius 2 is 1.94 bits per heavy atom. The Labute approximate surface area is 192 Å². The van der Waals surface area contributed by atoms with Crippen molar-refractivity contribution in [3.05, 3.63) is 71.7 Å². The first-order valence-corrected chi connectivity index (χ1v) is 10.1. The van der Waals surface area contributed by atoms with Crippen LogP contribution in [0.25, 0.3) is 16.7 Å². The van der Waals surface area contributed by atoms with Gasteiger partial charge in [0.05, 0.1) is 17.6 Å². The van der Waals surface area contributed by atoms with Crippen LogP contribution in [0.5, 0.6) is 17.4 Å². The van der Waals surface area contributed by atoms with Gasteiger partial charge in [0, 0.05) is 16.8 Å². The number of nitrogens with zero attached hydrogens (tertiary/aromatic N) is 3. The van der Waals surface area contributed by atoms with Gasteiger partial charge in [0.2, 0.25) is 5.88 Å². The van der Waals surface area contributed by atoms with Gasteiger partial charge in [-0.3, -0.25) is 0 Å². The van der Waals surface area contributed by atoms with Crippen molar-refractivity contribution in [3.8, 4) is 17.4 Å². The highest BCUT2D eigenvalue weighted by molar-refractivity contribution is 6.00. The maximum atomic E-state index is 13.5. The van der Waals surface area contributed by atoms with Crippen molar-refractivity contribution in [3.63, 3.8) is 0 Å². The number of H-pyrrole nitrogens is 1. The fourth-order valence-corrected chi connectivity index (χ4v) is 3.79. The number of amides is 2. The number of ether oxygens (including phenoxy) is 2. The predicted octanol–water partition coefficient (Wildman–Crippen LogP) is 4.61. The van der Waals surface area contributed by atoms with E-state index in [-0.39, 0.29) is 11.6 Å². The van der Waals surface area contributed by atoms with Crippen molar-refractivity contribution in [2.45, 2.75) is 12.3 Å². The van der Waals surface area contributed by atoms with Crippen LogP contribution in [0.4, 0.5) is 28.0 Å². The molecule has 0 fully saturated rings. The second kappa shape index (κ2) is 7.41. The fourth-order valence-electron chi connectivity index (χ4n) is 3.79. The van der Waals surface area contributed by atoms with Crippen molar-refractivity contribution in [2.24, 2.45) is 0 Å². The van der Waals surface area contributed by atoms with E-state index < -0.39 is 29.7 Å². The number of urea groups is 1. The van der Waals surface area contributed by atoms with Crippen molar-refractivity contribution in [2.75, 3.05) is 5.32 Å². The summed E-state index contributed by atoms with van der Waals surface area (Å²) in [5, 5.41) is 4.83. The molecule has 0 radical (unpaired) electrons. The van der Waals surface area contributed by atoms with Gasteiger partial charge in [0.25, 0.3) is 0 Å². The minimum Gasteiger partial charge on any atom is -0.479 e. The van der Waals surface area contributed by atoms with Gasteiger partial charge < -0.3 is 25.1 Å². The topological polar surface area (TPSA) is 114 Å². The first-order chi connectivity index (χ1) is 16.8. The number of benzene rings is 2. The average Bonchev–Trinajstić information content (AvgIpc) is 3.14. The summed E-state index contributed by atoms with van der Waals surface area (Å²) < 4.78 is 63.8. The molecule has 2 aromatic heterocycles. The molecule has 6 rings (SSSR count). The first-order valence-electron chi connectivity index (χ1n) is 10.1. The van der Waals surface area contributed by atoms with Crippen LogP contribution in [-0.2, 0) is 6.18 Å². The van der Waals surface area contributed by atoms with Crippen LogP contribution < -0.4 is 20.1 Å². The Kier molecular flexibility index (Phi) is 4.43. The Balaban J connectivity index is 1.19. The van der Waals surface area contributed by atoms with E-state index in [1.807, 2.05) is 0 Å². The summed E-state index contributed by atoms with van der Waals surface area (Å²) in [5.74, 6) is -0.103. The number of alkyl halides is 3. The van der Waals surface area contributed by atoms with Gasteiger partial charge in [-0.2, -0.15) is 18.2 Å². The predicted molar refractivity (Wildman–Crippen MR) is 113 cm³/mol. The van der Waals surface area contributed by atoms with Gasteiger partial charge in [-0.1, -0.05) is 0 Å². The zero-order valence-corrected chi connectivity index (χ0v) is 17.3. The van der Waals surface area contributed by atoms with Gasteiger partial charge in [0.1, 0.15) is 29.2 Å². The number of fused-ring (bicyclic) bond motifs is 4. The van der Waals surface area contributed by atoms with Crippen LogP contribution in [0.15, 0.2) is 54.7 Å². The molecule has 3 heterocycles. The van der Waals surface area contributed by atoms with Crippen molar-refractivity contribution >= 4 is 28.5 Å². The van der Waals surface area contributed by atoms with E-state index in [0.29, 0.717) is 51.6 Å². The van der Waals surface area contributed by atoms with Gasteiger partial charge in [0.15, 0.2) is 11.8 Å².